The predicted molar refractivity (Wildman–Crippen MR) is 52.8 cm³/mol. The fourth-order valence-electron chi connectivity index (χ4n) is 1.09. The van der Waals surface area contributed by atoms with Crippen LogP contribution in [0.3, 0.4) is 0 Å². The maximum Gasteiger partial charge on any atom is 0.0606 e. The Balaban J connectivity index is 2.93. The highest BCUT2D eigenvalue weighted by atomic mass is 16.3. The van der Waals surface area contributed by atoms with Gasteiger partial charge in [0.2, 0.25) is 0 Å². The Morgan fingerprint density at radius 2 is 1.85 bits per heavy atom. The molecule has 0 aliphatic heterocycles. The number of nitrogens with zero attached hydrogens (tertiary/aromatic N) is 1. The summed E-state index contributed by atoms with van der Waals surface area (Å²) in [6.07, 6.45) is 0. The van der Waals surface area contributed by atoms with E-state index in [1.165, 1.54) is 4.90 Å². The minimum Gasteiger partial charge on any atom is -0.395 e. The van der Waals surface area contributed by atoms with Crippen molar-refractivity contribution < 1.29 is 13.0 Å². The zero-order valence-corrected chi connectivity index (χ0v) is 7.35. The van der Waals surface area contributed by atoms with E-state index in [9.17, 15) is 0 Å². The fourth-order valence-corrected chi connectivity index (χ4v) is 1.09. The Morgan fingerprint density at radius 3 is 2.38 bits per heavy atom. The summed E-state index contributed by atoms with van der Waals surface area (Å²) < 4.78 is 15.2. The van der Waals surface area contributed by atoms with Gasteiger partial charge in [0.05, 0.1) is 16.0 Å². The Kier molecular flexibility index (Phi) is 3.15. The number of aliphatic hydroxyl groups is 2. The SMILES string of the molecule is [2H]C([2H])(CO)N(CCO)c1ccccc1. The maximum absolute atomic E-state index is 8.95. The van der Waals surface area contributed by atoms with Gasteiger partial charge in [-0.2, -0.15) is 0 Å². The molecule has 3 nitrogen and oxygen atoms in total. The molecule has 0 aliphatic carbocycles. The number of hydrogen-bond acceptors (Lipinski definition) is 3. The van der Waals surface area contributed by atoms with Crippen LogP contribution < -0.4 is 4.90 Å². The lowest BCUT2D eigenvalue weighted by molar-refractivity contribution is 0.281. The van der Waals surface area contributed by atoms with Gasteiger partial charge in [0.25, 0.3) is 0 Å². The van der Waals surface area contributed by atoms with Crippen LogP contribution >= 0.6 is 0 Å². The Morgan fingerprint density at radius 1 is 1.15 bits per heavy atom. The van der Waals surface area contributed by atoms with Gasteiger partial charge >= 0.3 is 0 Å². The Labute approximate surface area is 81.0 Å². The molecule has 1 rings (SSSR count). The van der Waals surface area contributed by atoms with E-state index in [2.05, 4.69) is 0 Å². The molecule has 72 valence electrons. The number of benzene rings is 1. The average Bonchev–Trinajstić information content (AvgIpc) is 2.27. The van der Waals surface area contributed by atoms with Crippen molar-refractivity contribution in [2.45, 2.75) is 0 Å². The highest BCUT2D eigenvalue weighted by Gasteiger charge is 2.02. The van der Waals surface area contributed by atoms with E-state index in [0.29, 0.717) is 5.69 Å². The van der Waals surface area contributed by atoms with Gasteiger partial charge in [0.15, 0.2) is 0 Å². The number of hydrogen-bond donors (Lipinski definition) is 2. The normalized spacial score (nSPS) is 13.4. The molecule has 1 aromatic rings. The van der Waals surface area contributed by atoms with Gasteiger partial charge in [-0.15, -0.1) is 0 Å². The van der Waals surface area contributed by atoms with E-state index < -0.39 is 13.1 Å². The zero-order valence-electron chi connectivity index (χ0n) is 9.35. The molecule has 0 saturated heterocycles. The molecule has 13 heavy (non-hydrogen) atoms. The number of para-hydroxylation sites is 1. The van der Waals surface area contributed by atoms with Crippen LogP contribution in [0.1, 0.15) is 2.74 Å². The van der Waals surface area contributed by atoms with Crippen molar-refractivity contribution in [3.8, 4) is 0 Å². The van der Waals surface area contributed by atoms with E-state index in [4.69, 9.17) is 13.0 Å². The maximum atomic E-state index is 8.95. The summed E-state index contributed by atoms with van der Waals surface area (Å²) in [7, 11) is 0. The molecule has 0 unspecified atom stereocenters. The lowest BCUT2D eigenvalue weighted by atomic mass is 10.3. The van der Waals surface area contributed by atoms with Gasteiger partial charge in [-0.25, -0.2) is 0 Å². The molecule has 0 atom stereocenters. The summed E-state index contributed by atoms with van der Waals surface area (Å²) in [4.78, 5) is 1.34. The second kappa shape index (κ2) is 5.56. The van der Waals surface area contributed by atoms with Crippen molar-refractivity contribution in [1.29, 1.82) is 0 Å². The topological polar surface area (TPSA) is 43.7 Å². The van der Waals surface area contributed by atoms with Crippen molar-refractivity contribution in [3.05, 3.63) is 30.3 Å². The van der Waals surface area contributed by atoms with E-state index in [1.54, 1.807) is 24.3 Å². The third-order valence-electron chi connectivity index (χ3n) is 1.65. The van der Waals surface area contributed by atoms with E-state index in [1.807, 2.05) is 6.07 Å². The summed E-state index contributed by atoms with van der Waals surface area (Å²) >= 11 is 0. The van der Waals surface area contributed by atoms with Crippen LogP contribution in [0.25, 0.3) is 0 Å². The highest BCUT2D eigenvalue weighted by Crippen LogP contribution is 2.11. The first kappa shape index (κ1) is 7.35. The molecule has 1 aromatic carbocycles. The standard InChI is InChI=1S/C10H15NO2/c12-8-6-11(7-9-13)10-4-2-1-3-5-10/h1-5,12-13H,6-9H2/i6D2. The molecule has 0 radical (unpaired) electrons. The first-order valence-corrected chi connectivity index (χ1v) is 4.16. The molecule has 0 aromatic heterocycles. The van der Waals surface area contributed by atoms with Crippen LogP contribution in [0.5, 0.6) is 0 Å². The molecule has 0 saturated carbocycles. The van der Waals surface area contributed by atoms with Gasteiger partial charge in [0.1, 0.15) is 0 Å². The van der Waals surface area contributed by atoms with Crippen molar-refractivity contribution in [2.24, 2.45) is 0 Å². The van der Waals surface area contributed by atoms with Crippen molar-refractivity contribution in [3.63, 3.8) is 0 Å². The minimum absolute atomic E-state index is 0.150. The first-order valence-electron chi connectivity index (χ1n) is 5.16. The summed E-state index contributed by atoms with van der Waals surface area (Å²) in [5.41, 5.74) is 0.644. The van der Waals surface area contributed by atoms with Gasteiger partial charge in [-0.1, -0.05) is 18.2 Å². The van der Waals surface area contributed by atoms with Crippen molar-refractivity contribution >= 4 is 5.69 Å². The van der Waals surface area contributed by atoms with Crippen LogP contribution in [-0.4, -0.2) is 36.5 Å². The molecule has 0 amide bonds. The van der Waals surface area contributed by atoms with E-state index >= 15 is 0 Å². The van der Waals surface area contributed by atoms with Crippen LogP contribution in [-0.2, 0) is 0 Å². The molecule has 3 heteroatoms. The Hall–Kier alpha value is -1.06. The smallest absolute Gasteiger partial charge is 0.0606 e. The second-order valence-electron chi connectivity index (χ2n) is 2.53. The summed E-state index contributed by atoms with van der Waals surface area (Å²) in [6, 6.07) is 8.88. The van der Waals surface area contributed by atoms with Gasteiger partial charge in [0, 0.05) is 18.7 Å². The van der Waals surface area contributed by atoms with Crippen molar-refractivity contribution in [2.75, 3.05) is 31.2 Å². The minimum atomic E-state index is -1.86. The lowest BCUT2D eigenvalue weighted by Gasteiger charge is -2.22. The molecule has 2 N–H and O–H groups in total. The number of anilines is 1. The van der Waals surface area contributed by atoms with Gasteiger partial charge in [-0.05, 0) is 12.1 Å². The second-order valence-corrected chi connectivity index (χ2v) is 2.53. The molecular formula is C10H15NO2. The molecule has 0 bridgehead atoms. The number of aliphatic hydroxyl groups excluding tert-OH is 2. The van der Waals surface area contributed by atoms with Crippen LogP contribution in [0.2, 0.25) is 0 Å². The predicted octanol–water partition coefficient (Wildman–Crippen LogP) is 0.478. The average molecular weight is 183 g/mol. The van der Waals surface area contributed by atoms with Crippen LogP contribution in [0, 0.1) is 0 Å². The molecule has 0 aliphatic rings. The van der Waals surface area contributed by atoms with Crippen LogP contribution in [0.15, 0.2) is 30.3 Å². The summed E-state index contributed by atoms with van der Waals surface area (Å²) in [5.74, 6) is 0. The van der Waals surface area contributed by atoms with E-state index in [-0.39, 0.29) is 13.2 Å². The van der Waals surface area contributed by atoms with Gasteiger partial charge in [-0.3, -0.25) is 0 Å². The lowest BCUT2D eigenvalue weighted by Crippen LogP contribution is -2.29. The molecule has 0 spiro atoms. The highest BCUT2D eigenvalue weighted by molar-refractivity contribution is 5.45. The fraction of sp³-hybridized carbons (Fsp3) is 0.400. The summed E-state index contributed by atoms with van der Waals surface area (Å²) in [6.45, 7) is -2.47. The third-order valence-corrected chi connectivity index (χ3v) is 1.65. The monoisotopic (exact) mass is 183 g/mol. The Bertz CT molecular complexity index is 293. The van der Waals surface area contributed by atoms with Crippen molar-refractivity contribution in [1.82, 2.24) is 0 Å². The molecular weight excluding hydrogens is 166 g/mol. The zero-order chi connectivity index (χ0) is 11.3. The molecule has 0 heterocycles. The van der Waals surface area contributed by atoms with Gasteiger partial charge < -0.3 is 15.1 Å². The van der Waals surface area contributed by atoms with Crippen LogP contribution in [0.4, 0.5) is 5.69 Å². The molecule has 0 fully saturated rings. The number of rotatable bonds is 5. The summed E-state index contributed by atoms with van der Waals surface area (Å²) in [5, 5.41) is 17.8. The first-order chi connectivity index (χ1) is 7.11. The van der Waals surface area contributed by atoms with E-state index in [0.717, 1.165) is 0 Å². The quantitative estimate of drug-likeness (QED) is 0.697. The largest absolute Gasteiger partial charge is 0.395 e. The third kappa shape index (κ3) is 3.05.